The van der Waals surface area contributed by atoms with Crippen molar-refractivity contribution in [1.82, 2.24) is 0 Å². The van der Waals surface area contributed by atoms with Crippen LogP contribution in [0.15, 0.2) is 29.3 Å². The van der Waals surface area contributed by atoms with Crippen LogP contribution in [-0.2, 0) is 4.74 Å². The monoisotopic (exact) mass is 293 g/mol. The Morgan fingerprint density at radius 2 is 2.10 bits per heavy atom. The SMILES string of the molecule is CC(C)(C)OC(=O)Nc1cccc(/C=C(\Cl)C2CC2)c1. The summed E-state index contributed by atoms with van der Waals surface area (Å²) in [6, 6.07) is 7.56. The summed E-state index contributed by atoms with van der Waals surface area (Å²) in [5.74, 6) is 0.527. The van der Waals surface area contributed by atoms with Crippen LogP contribution in [0.2, 0.25) is 0 Å². The first-order valence-electron chi connectivity index (χ1n) is 6.81. The lowest BCUT2D eigenvalue weighted by Gasteiger charge is -2.19. The van der Waals surface area contributed by atoms with Crippen LogP contribution in [0.5, 0.6) is 0 Å². The molecule has 1 saturated carbocycles. The second-order valence-electron chi connectivity index (χ2n) is 6.06. The van der Waals surface area contributed by atoms with Gasteiger partial charge in [0.1, 0.15) is 5.60 Å². The van der Waals surface area contributed by atoms with Gasteiger partial charge in [-0.1, -0.05) is 23.7 Å². The van der Waals surface area contributed by atoms with Crippen molar-refractivity contribution >= 4 is 29.5 Å². The van der Waals surface area contributed by atoms with E-state index >= 15 is 0 Å². The standard InChI is InChI=1S/C16H20ClNO2/c1-16(2,3)20-15(19)18-13-6-4-5-11(9-13)10-14(17)12-7-8-12/h4-6,9-10,12H,7-8H2,1-3H3,(H,18,19)/b14-10-. The minimum Gasteiger partial charge on any atom is -0.444 e. The molecular weight excluding hydrogens is 274 g/mol. The average Bonchev–Trinajstić information content (AvgIpc) is 3.09. The van der Waals surface area contributed by atoms with Gasteiger partial charge in [-0.15, -0.1) is 0 Å². The Hall–Kier alpha value is -1.48. The molecule has 0 saturated heterocycles. The van der Waals surface area contributed by atoms with Crippen molar-refractivity contribution in [2.75, 3.05) is 5.32 Å². The molecule has 0 aromatic heterocycles. The molecule has 1 amide bonds. The van der Waals surface area contributed by atoms with Gasteiger partial charge < -0.3 is 4.74 Å². The average molecular weight is 294 g/mol. The molecule has 1 aliphatic carbocycles. The number of amides is 1. The van der Waals surface area contributed by atoms with Gasteiger partial charge in [0.15, 0.2) is 0 Å². The van der Waals surface area contributed by atoms with Crippen LogP contribution in [-0.4, -0.2) is 11.7 Å². The third kappa shape index (κ3) is 4.89. The van der Waals surface area contributed by atoms with Crippen molar-refractivity contribution in [3.8, 4) is 0 Å². The highest BCUT2D eigenvalue weighted by molar-refractivity contribution is 6.32. The highest BCUT2D eigenvalue weighted by atomic mass is 35.5. The van der Waals surface area contributed by atoms with Crippen molar-refractivity contribution < 1.29 is 9.53 Å². The minimum atomic E-state index is -0.503. The number of ether oxygens (including phenoxy) is 1. The molecule has 1 N–H and O–H groups in total. The smallest absolute Gasteiger partial charge is 0.412 e. The molecule has 1 aromatic carbocycles. The summed E-state index contributed by atoms with van der Waals surface area (Å²) in [7, 11) is 0. The van der Waals surface area contributed by atoms with Crippen LogP contribution in [0.4, 0.5) is 10.5 Å². The molecule has 2 rings (SSSR count). The van der Waals surface area contributed by atoms with Crippen LogP contribution in [0.25, 0.3) is 6.08 Å². The molecule has 0 aliphatic heterocycles. The predicted octanol–water partition coefficient (Wildman–Crippen LogP) is 5.02. The zero-order valence-electron chi connectivity index (χ0n) is 12.1. The first kappa shape index (κ1) is 14.9. The molecule has 20 heavy (non-hydrogen) atoms. The van der Waals surface area contributed by atoms with E-state index in [0.29, 0.717) is 11.6 Å². The fraction of sp³-hybridized carbons (Fsp3) is 0.438. The number of hydrogen-bond acceptors (Lipinski definition) is 2. The van der Waals surface area contributed by atoms with E-state index < -0.39 is 11.7 Å². The number of benzene rings is 1. The number of rotatable bonds is 3. The Balaban J connectivity index is 2.02. The maximum Gasteiger partial charge on any atom is 0.412 e. The van der Waals surface area contributed by atoms with Crippen LogP contribution < -0.4 is 5.32 Å². The van der Waals surface area contributed by atoms with Gasteiger partial charge in [0.2, 0.25) is 0 Å². The molecule has 3 nitrogen and oxygen atoms in total. The Kier molecular flexibility index (Phi) is 4.39. The van der Waals surface area contributed by atoms with E-state index in [1.807, 2.05) is 51.1 Å². The van der Waals surface area contributed by atoms with E-state index in [-0.39, 0.29) is 0 Å². The number of anilines is 1. The van der Waals surface area contributed by atoms with Crippen molar-refractivity contribution in [2.45, 2.75) is 39.2 Å². The lowest BCUT2D eigenvalue weighted by Crippen LogP contribution is -2.27. The summed E-state index contributed by atoms with van der Waals surface area (Å²) < 4.78 is 5.22. The first-order valence-corrected chi connectivity index (χ1v) is 7.18. The zero-order chi connectivity index (χ0) is 14.8. The van der Waals surface area contributed by atoms with Crippen molar-refractivity contribution in [2.24, 2.45) is 5.92 Å². The third-order valence-electron chi connectivity index (χ3n) is 2.80. The lowest BCUT2D eigenvalue weighted by molar-refractivity contribution is 0.0636. The molecule has 0 heterocycles. The molecule has 1 fully saturated rings. The molecule has 4 heteroatoms. The number of carbonyl (C=O) groups excluding carboxylic acids is 1. The predicted molar refractivity (Wildman–Crippen MR) is 82.9 cm³/mol. The minimum absolute atomic E-state index is 0.452. The maximum atomic E-state index is 11.7. The molecule has 0 bridgehead atoms. The fourth-order valence-corrected chi connectivity index (χ4v) is 2.11. The molecule has 0 atom stereocenters. The number of allylic oxidation sites excluding steroid dienone is 1. The van der Waals surface area contributed by atoms with Gasteiger partial charge in [-0.25, -0.2) is 4.79 Å². The van der Waals surface area contributed by atoms with Crippen LogP contribution in [0, 0.1) is 5.92 Å². The Morgan fingerprint density at radius 3 is 2.70 bits per heavy atom. The van der Waals surface area contributed by atoms with Gasteiger partial charge in [-0.05, 0) is 63.3 Å². The number of nitrogens with one attached hydrogen (secondary N) is 1. The highest BCUT2D eigenvalue weighted by Gasteiger charge is 2.24. The second-order valence-corrected chi connectivity index (χ2v) is 6.49. The van der Waals surface area contributed by atoms with Crippen molar-refractivity contribution in [1.29, 1.82) is 0 Å². The van der Waals surface area contributed by atoms with Gasteiger partial charge in [-0.3, -0.25) is 5.32 Å². The summed E-state index contributed by atoms with van der Waals surface area (Å²) in [6.07, 6.45) is 3.85. The fourth-order valence-electron chi connectivity index (χ4n) is 1.76. The van der Waals surface area contributed by atoms with Gasteiger partial charge in [0.25, 0.3) is 0 Å². The summed E-state index contributed by atoms with van der Waals surface area (Å²) in [6.45, 7) is 5.50. The third-order valence-corrected chi connectivity index (χ3v) is 3.22. The molecule has 0 spiro atoms. The highest BCUT2D eigenvalue weighted by Crippen LogP contribution is 2.39. The second kappa shape index (κ2) is 5.88. The summed E-state index contributed by atoms with van der Waals surface area (Å²) in [5.41, 5.74) is 1.18. The van der Waals surface area contributed by atoms with Gasteiger partial charge in [-0.2, -0.15) is 0 Å². The Labute approximate surface area is 125 Å². The number of carbonyl (C=O) groups is 1. The molecule has 108 valence electrons. The summed E-state index contributed by atoms with van der Waals surface area (Å²) in [4.78, 5) is 11.7. The van der Waals surface area contributed by atoms with Gasteiger partial charge in [0.05, 0.1) is 0 Å². The molecule has 1 aromatic rings. The van der Waals surface area contributed by atoms with Gasteiger partial charge >= 0.3 is 6.09 Å². The molecule has 1 aliphatic rings. The molecule has 0 radical (unpaired) electrons. The van der Waals surface area contributed by atoms with Crippen LogP contribution in [0.3, 0.4) is 0 Å². The van der Waals surface area contributed by atoms with E-state index in [1.54, 1.807) is 0 Å². The summed E-state index contributed by atoms with van der Waals surface area (Å²) in [5, 5.41) is 3.61. The van der Waals surface area contributed by atoms with Crippen molar-refractivity contribution in [3.05, 3.63) is 34.9 Å². The van der Waals surface area contributed by atoms with E-state index in [1.165, 1.54) is 12.8 Å². The largest absolute Gasteiger partial charge is 0.444 e. The quantitative estimate of drug-likeness (QED) is 0.849. The van der Waals surface area contributed by atoms with E-state index in [0.717, 1.165) is 10.6 Å². The van der Waals surface area contributed by atoms with E-state index in [9.17, 15) is 4.79 Å². The number of halogens is 1. The lowest BCUT2D eigenvalue weighted by atomic mass is 10.1. The molecular formula is C16H20ClNO2. The zero-order valence-corrected chi connectivity index (χ0v) is 12.8. The topological polar surface area (TPSA) is 38.3 Å². The van der Waals surface area contributed by atoms with Crippen LogP contribution >= 0.6 is 11.6 Å². The Morgan fingerprint density at radius 1 is 1.40 bits per heavy atom. The Bertz CT molecular complexity index is 528. The van der Waals surface area contributed by atoms with E-state index in [4.69, 9.17) is 16.3 Å². The summed E-state index contributed by atoms with van der Waals surface area (Å²) >= 11 is 6.21. The van der Waals surface area contributed by atoms with Gasteiger partial charge in [0, 0.05) is 10.7 Å². The van der Waals surface area contributed by atoms with Crippen molar-refractivity contribution in [3.63, 3.8) is 0 Å². The van der Waals surface area contributed by atoms with Crippen LogP contribution in [0.1, 0.15) is 39.2 Å². The normalized spacial score (nSPS) is 15.9. The van der Waals surface area contributed by atoms with E-state index in [2.05, 4.69) is 5.32 Å². The number of hydrogen-bond donors (Lipinski definition) is 1. The molecule has 0 unspecified atom stereocenters. The first-order chi connectivity index (χ1) is 9.33. The maximum absolute atomic E-state index is 11.7.